The van der Waals surface area contributed by atoms with Gasteiger partial charge in [0.25, 0.3) is 0 Å². The number of hydrogen-bond donors (Lipinski definition) is 0. The Kier molecular flexibility index (Phi) is 2.10. The standard InChI is InChI=1S/C3H11BOP/c1-6(2,3)5-4/h4H2,1-3H3/q+1. The Labute approximate surface area is 40.9 Å². The highest BCUT2D eigenvalue weighted by atomic mass is 31.2. The zero-order valence-electron chi connectivity index (χ0n) is 4.86. The summed E-state index contributed by atoms with van der Waals surface area (Å²) in [6.07, 6.45) is 0. The maximum absolute atomic E-state index is 5.05. The molecule has 0 saturated heterocycles. The topological polar surface area (TPSA) is 9.23 Å². The minimum absolute atomic E-state index is 0.897. The molecule has 3 heteroatoms. The summed E-state index contributed by atoms with van der Waals surface area (Å²) in [5.74, 6) is 0. The second-order valence-electron chi connectivity index (χ2n) is 2.07. The van der Waals surface area contributed by atoms with Crippen molar-refractivity contribution in [2.75, 3.05) is 20.0 Å². The van der Waals surface area contributed by atoms with Gasteiger partial charge in [0.05, 0.1) is 20.0 Å². The van der Waals surface area contributed by atoms with E-state index >= 15 is 0 Å². The summed E-state index contributed by atoms with van der Waals surface area (Å²) in [5, 5.41) is 0. The SMILES string of the molecule is BO[P+](C)(C)C. The highest BCUT2D eigenvalue weighted by molar-refractivity contribution is 7.69. The fourth-order valence-electron chi connectivity index (χ4n) is 0. The summed E-state index contributed by atoms with van der Waals surface area (Å²) in [6.45, 7) is 6.40. The van der Waals surface area contributed by atoms with E-state index in [0.717, 1.165) is 0 Å². The molecule has 0 aliphatic heterocycles. The minimum Gasteiger partial charge on any atom is -0.311 e. The van der Waals surface area contributed by atoms with E-state index in [9.17, 15) is 0 Å². The maximum Gasteiger partial charge on any atom is 0.319 e. The molecule has 0 fully saturated rings. The van der Waals surface area contributed by atoms with Crippen LogP contribution in [-0.4, -0.2) is 28.0 Å². The molecule has 0 aliphatic carbocycles. The first-order valence-corrected chi connectivity index (χ1v) is 4.98. The molecule has 0 saturated carbocycles. The number of hydrogen-bond acceptors (Lipinski definition) is 1. The van der Waals surface area contributed by atoms with Crippen LogP contribution in [0.15, 0.2) is 0 Å². The third kappa shape index (κ3) is 4.45. The van der Waals surface area contributed by atoms with E-state index in [-0.39, 0.29) is 0 Å². The van der Waals surface area contributed by atoms with E-state index in [1.807, 2.05) is 0 Å². The van der Waals surface area contributed by atoms with Gasteiger partial charge in [0.2, 0.25) is 0 Å². The zero-order chi connectivity index (χ0) is 5.21. The van der Waals surface area contributed by atoms with E-state index in [4.69, 9.17) is 4.44 Å². The highest BCUT2D eigenvalue weighted by Gasteiger charge is 2.12. The highest BCUT2D eigenvalue weighted by Crippen LogP contribution is 2.45. The summed E-state index contributed by atoms with van der Waals surface area (Å²) < 4.78 is 5.05. The fraction of sp³-hybridized carbons (Fsp3) is 1.00. The average molecular weight is 105 g/mol. The van der Waals surface area contributed by atoms with Gasteiger partial charge in [0.1, 0.15) is 7.49 Å². The Morgan fingerprint density at radius 2 is 1.50 bits per heavy atom. The quantitative estimate of drug-likeness (QED) is 0.345. The second kappa shape index (κ2) is 1.95. The fourth-order valence-corrected chi connectivity index (χ4v) is 0. The summed E-state index contributed by atoms with van der Waals surface area (Å²) in [6, 6.07) is 0. The molecule has 0 aromatic carbocycles. The minimum atomic E-state index is -0.897. The van der Waals surface area contributed by atoms with Crippen LogP contribution in [0.1, 0.15) is 0 Å². The molecule has 0 aromatic rings. The van der Waals surface area contributed by atoms with Gasteiger partial charge < -0.3 is 4.44 Å². The third-order valence-corrected chi connectivity index (χ3v) is 1.64. The molecule has 0 N–H and O–H groups in total. The molecule has 0 atom stereocenters. The molecule has 0 unspecified atom stereocenters. The maximum atomic E-state index is 5.05. The predicted molar refractivity (Wildman–Crippen MR) is 34.3 cm³/mol. The zero-order valence-corrected chi connectivity index (χ0v) is 5.75. The van der Waals surface area contributed by atoms with Crippen LogP contribution in [0.5, 0.6) is 0 Å². The second-order valence-corrected chi connectivity index (χ2v) is 6.22. The molecule has 0 heterocycles. The Balaban J connectivity index is 3.17. The summed E-state index contributed by atoms with van der Waals surface area (Å²) in [4.78, 5) is 0. The molecule has 0 bridgehead atoms. The molecule has 0 rings (SSSR count). The van der Waals surface area contributed by atoms with Gasteiger partial charge in [-0.3, -0.25) is 0 Å². The Bertz CT molecular complexity index is 40.5. The van der Waals surface area contributed by atoms with Gasteiger partial charge in [0, 0.05) is 0 Å². The van der Waals surface area contributed by atoms with Crippen molar-refractivity contribution in [3.63, 3.8) is 0 Å². The predicted octanol–water partition coefficient (Wildman–Crippen LogP) is 0.373. The first kappa shape index (κ1) is 6.45. The van der Waals surface area contributed by atoms with Gasteiger partial charge >= 0.3 is 8.05 Å². The molecular formula is C3H11BOP+. The molecule has 0 spiro atoms. The van der Waals surface area contributed by atoms with Gasteiger partial charge in [-0.1, -0.05) is 0 Å². The van der Waals surface area contributed by atoms with E-state index in [1.165, 1.54) is 0 Å². The first-order valence-electron chi connectivity index (χ1n) is 1.93. The lowest BCUT2D eigenvalue weighted by Gasteiger charge is -2.05. The van der Waals surface area contributed by atoms with E-state index < -0.39 is 7.49 Å². The average Bonchev–Trinajstić information content (AvgIpc) is 1.35. The van der Waals surface area contributed by atoms with Crippen molar-refractivity contribution in [3.05, 3.63) is 0 Å². The summed E-state index contributed by atoms with van der Waals surface area (Å²) in [5.41, 5.74) is 0. The Morgan fingerprint density at radius 3 is 1.50 bits per heavy atom. The molecule has 0 aliphatic rings. The first-order chi connectivity index (χ1) is 2.56. The van der Waals surface area contributed by atoms with Crippen molar-refractivity contribution in [1.82, 2.24) is 0 Å². The van der Waals surface area contributed by atoms with Crippen molar-refractivity contribution in [1.29, 1.82) is 0 Å². The smallest absolute Gasteiger partial charge is 0.311 e. The van der Waals surface area contributed by atoms with Crippen LogP contribution >= 0.6 is 7.49 Å². The molecular weight excluding hydrogens is 93.8 g/mol. The van der Waals surface area contributed by atoms with Crippen molar-refractivity contribution in [2.45, 2.75) is 0 Å². The van der Waals surface area contributed by atoms with Crippen LogP contribution in [-0.2, 0) is 4.44 Å². The van der Waals surface area contributed by atoms with Crippen molar-refractivity contribution >= 4 is 15.5 Å². The molecule has 0 amide bonds. The van der Waals surface area contributed by atoms with Crippen molar-refractivity contribution < 1.29 is 4.44 Å². The Morgan fingerprint density at radius 1 is 1.33 bits per heavy atom. The Hall–Kier alpha value is 0.455. The lowest BCUT2D eigenvalue weighted by atomic mass is 10.6. The lowest BCUT2D eigenvalue weighted by Crippen LogP contribution is -1.85. The van der Waals surface area contributed by atoms with Gasteiger partial charge in [-0.05, 0) is 0 Å². The molecule has 0 aromatic heterocycles. The van der Waals surface area contributed by atoms with Crippen LogP contribution in [0.2, 0.25) is 0 Å². The van der Waals surface area contributed by atoms with Crippen LogP contribution in [0, 0.1) is 0 Å². The van der Waals surface area contributed by atoms with Gasteiger partial charge in [-0.25, -0.2) is 0 Å². The monoisotopic (exact) mass is 105 g/mol. The molecule has 0 radical (unpaired) electrons. The third-order valence-electron chi connectivity index (χ3n) is 0.548. The van der Waals surface area contributed by atoms with E-state index in [0.29, 0.717) is 0 Å². The van der Waals surface area contributed by atoms with Crippen LogP contribution in [0.25, 0.3) is 0 Å². The summed E-state index contributed by atoms with van der Waals surface area (Å²) >= 11 is 0. The van der Waals surface area contributed by atoms with Crippen molar-refractivity contribution in [2.24, 2.45) is 0 Å². The molecule has 36 valence electrons. The van der Waals surface area contributed by atoms with Gasteiger partial charge in [-0.2, -0.15) is 0 Å². The largest absolute Gasteiger partial charge is 0.319 e. The van der Waals surface area contributed by atoms with Crippen LogP contribution in [0.4, 0.5) is 0 Å². The lowest BCUT2D eigenvalue weighted by molar-refractivity contribution is 0.680. The molecule has 1 nitrogen and oxygen atoms in total. The van der Waals surface area contributed by atoms with E-state index in [1.54, 1.807) is 8.05 Å². The molecule has 6 heavy (non-hydrogen) atoms. The summed E-state index contributed by atoms with van der Waals surface area (Å²) in [7, 11) is 0.861. The van der Waals surface area contributed by atoms with Gasteiger partial charge in [0.15, 0.2) is 0 Å². The van der Waals surface area contributed by atoms with Crippen molar-refractivity contribution in [3.8, 4) is 0 Å². The van der Waals surface area contributed by atoms with Gasteiger partial charge in [-0.15, -0.1) is 0 Å². The van der Waals surface area contributed by atoms with Crippen LogP contribution < -0.4 is 0 Å². The number of rotatable bonds is 1. The normalized spacial score (nSPS) is 11.8. The van der Waals surface area contributed by atoms with Crippen LogP contribution in [0.3, 0.4) is 0 Å². The van der Waals surface area contributed by atoms with E-state index in [2.05, 4.69) is 20.0 Å².